The predicted molar refractivity (Wildman–Crippen MR) is 150 cm³/mol. The number of sulfonamides is 1. The molecule has 0 saturated carbocycles. The summed E-state index contributed by atoms with van der Waals surface area (Å²) in [5.74, 6) is -0.861. The van der Waals surface area contributed by atoms with Gasteiger partial charge in [-0.1, -0.05) is 63.9 Å². The van der Waals surface area contributed by atoms with Crippen LogP contribution in [-0.4, -0.2) is 44.3 Å². The van der Waals surface area contributed by atoms with Gasteiger partial charge >= 0.3 is 0 Å². The molecule has 3 aromatic rings. The van der Waals surface area contributed by atoms with E-state index in [4.69, 9.17) is 11.6 Å². The standard InChI is InChI=1S/C27H29BrClN3O4S/c1-4-30-27(34)20(3)31(17-21-9-8-10-22(28)15-21)26(33)18-32(25-16-23(29)14-13-19(25)2)37(35,36)24-11-6-5-7-12-24/h5-16,20H,4,17-18H2,1-3H3,(H,30,34). The zero-order valence-electron chi connectivity index (χ0n) is 20.8. The zero-order valence-corrected chi connectivity index (χ0v) is 24.0. The Labute approximate surface area is 231 Å². The number of halogens is 2. The van der Waals surface area contributed by atoms with Gasteiger partial charge < -0.3 is 10.2 Å². The highest BCUT2D eigenvalue weighted by Crippen LogP contribution is 2.30. The van der Waals surface area contributed by atoms with Gasteiger partial charge in [0.05, 0.1) is 10.6 Å². The third-order valence-electron chi connectivity index (χ3n) is 5.81. The Morgan fingerprint density at radius 2 is 1.73 bits per heavy atom. The molecule has 0 aliphatic heterocycles. The third-order valence-corrected chi connectivity index (χ3v) is 8.31. The number of hydrogen-bond donors (Lipinski definition) is 1. The molecule has 0 aromatic heterocycles. The molecular weight excluding hydrogens is 578 g/mol. The van der Waals surface area contributed by atoms with Crippen LogP contribution in [0.3, 0.4) is 0 Å². The number of carbonyl (C=O) groups is 2. The van der Waals surface area contributed by atoms with Gasteiger partial charge in [0.25, 0.3) is 10.0 Å². The van der Waals surface area contributed by atoms with E-state index in [9.17, 15) is 18.0 Å². The summed E-state index contributed by atoms with van der Waals surface area (Å²) in [5, 5.41) is 3.08. The monoisotopic (exact) mass is 605 g/mol. The number of aryl methyl sites for hydroxylation is 1. The van der Waals surface area contributed by atoms with E-state index in [1.165, 1.54) is 23.1 Å². The summed E-state index contributed by atoms with van der Waals surface area (Å²) >= 11 is 9.67. The highest BCUT2D eigenvalue weighted by atomic mass is 79.9. The topological polar surface area (TPSA) is 86.8 Å². The number of rotatable bonds is 10. The van der Waals surface area contributed by atoms with Gasteiger partial charge in [0.2, 0.25) is 11.8 Å². The number of carbonyl (C=O) groups excluding carboxylic acids is 2. The van der Waals surface area contributed by atoms with Crippen LogP contribution in [0.1, 0.15) is 25.0 Å². The summed E-state index contributed by atoms with van der Waals surface area (Å²) in [6.45, 7) is 5.17. The van der Waals surface area contributed by atoms with Crippen LogP contribution in [0.2, 0.25) is 5.02 Å². The second-order valence-electron chi connectivity index (χ2n) is 8.48. The fourth-order valence-corrected chi connectivity index (χ4v) is 5.93. The van der Waals surface area contributed by atoms with E-state index in [0.717, 1.165) is 14.3 Å². The SMILES string of the molecule is CCNC(=O)C(C)N(Cc1cccc(Br)c1)C(=O)CN(c1cc(Cl)ccc1C)S(=O)(=O)c1ccccc1. The maximum Gasteiger partial charge on any atom is 0.264 e. The molecule has 1 N–H and O–H groups in total. The van der Waals surface area contributed by atoms with Gasteiger partial charge in [0.1, 0.15) is 12.6 Å². The summed E-state index contributed by atoms with van der Waals surface area (Å²) < 4.78 is 29.5. The molecule has 0 aliphatic carbocycles. The van der Waals surface area contributed by atoms with Crippen LogP contribution in [-0.2, 0) is 26.2 Å². The van der Waals surface area contributed by atoms with Crippen LogP contribution in [0.15, 0.2) is 82.2 Å². The van der Waals surface area contributed by atoms with Crippen molar-refractivity contribution in [2.24, 2.45) is 0 Å². The molecule has 1 unspecified atom stereocenters. The number of likely N-dealkylation sites (N-methyl/N-ethyl adjacent to an activating group) is 1. The van der Waals surface area contributed by atoms with Crippen molar-refractivity contribution < 1.29 is 18.0 Å². The minimum absolute atomic E-state index is 0.0393. The molecule has 7 nitrogen and oxygen atoms in total. The minimum atomic E-state index is -4.14. The van der Waals surface area contributed by atoms with Crippen molar-refractivity contribution in [3.8, 4) is 0 Å². The molecule has 0 heterocycles. The first kappa shape index (κ1) is 28.7. The Balaban J connectivity index is 2.06. The van der Waals surface area contributed by atoms with Crippen LogP contribution in [0, 0.1) is 6.92 Å². The number of nitrogens with zero attached hydrogens (tertiary/aromatic N) is 2. The molecule has 0 aliphatic rings. The summed E-state index contributed by atoms with van der Waals surface area (Å²) in [7, 11) is -4.14. The van der Waals surface area contributed by atoms with Gasteiger partial charge in [0, 0.05) is 22.6 Å². The molecule has 1 atom stereocenters. The first-order valence-electron chi connectivity index (χ1n) is 11.7. The number of benzene rings is 3. The molecule has 196 valence electrons. The fraction of sp³-hybridized carbons (Fsp3) is 0.259. The van der Waals surface area contributed by atoms with Crippen LogP contribution in [0.25, 0.3) is 0 Å². The smallest absolute Gasteiger partial charge is 0.264 e. The number of hydrogen-bond acceptors (Lipinski definition) is 4. The Morgan fingerprint density at radius 3 is 2.38 bits per heavy atom. The van der Waals surface area contributed by atoms with E-state index in [1.807, 2.05) is 24.3 Å². The second kappa shape index (κ2) is 12.6. The van der Waals surface area contributed by atoms with E-state index in [2.05, 4.69) is 21.2 Å². The Morgan fingerprint density at radius 1 is 1.03 bits per heavy atom. The van der Waals surface area contributed by atoms with Crippen LogP contribution < -0.4 is 9.62 Å². The molecule has 3 aromatic carbocycles. The molecule has 0 fully saturated rings. The van der Waals surface area contributed by atoms with Crippen molar-refractivity contribution in [2.45, 2.75) is 38.3 Å². The summed E-state index contributed by atoms with van der Waals surface area (Å²) in [4.78, 5) is 28.0. The molecular formula is C27H29BrClN3O4S. The molecule has 10 heteroatoms. The maximum atomic E-state index is 13.8. The highest BCUT2D eigenvalue weighted by Gasteiger charge is 2.33. The second-order valence-corrected chi connectivity index (χ2v) is 11.7. The largest absolute Gasteiger partial charge is 0.355 e. The first-order valence-corrected chi connectivity index (χ1v) is 14.3. The normalized spacial score (nSPS) is 12.0. The quantitative estimate of drug-likeness (QED) is 0.346. The first-order chi connectivity index (χ1) is 17.5. The van der Waals surface area contributed by atoms with Gasteiger partial charge in [-0.05, 0) is 68.3 Å². The van der Waals surface area contributed by atoms with E-state index in [-0.39, 0.29) is 23.0 Å². The number of anilines is 1. The maximum absolute atomic E-state index is 13.8. The average Bonchev–Trinajstić information content (AvgIpc) is 2.87. The van der Waals surface area contributed by atoms with Crippen molar-refractivity contribution in [1.29, 1.82) is 0 Å². The number of nitrogens with one attached hydrogen (secondary N) is 1. The van der Waals surface area contributed by atoms with Crippen molar-refractivity contribution in [3.63, 3.8) is 0 Å². The van der Waals surface area contributed by atoms with Crippen LogP contribution in [0.5, 0.6) is 0 Å². The minimum Gasteiger partial charge on any atom is -0.355 e. The summed E-state index contributed by atoms with van der Waals surface area (Å²) in [6, 6.07) is 19.3. The molecule has 0 saturated heterocycles. The van der Waals surface area contributed by atoms with Gasteiger partial charge in [-0.2, -0.15) is 0 Å². The molecule has 37 heavy (non-hydrogen) atoms. The van der Waals surface area contributed by atoms with Gasteiger partial charge in [-0.3, -0.25) is 13.9 Å². The van der Waals surface area contributed by atoms with Crippen molar-refractivity contribution in [1.82, 2.24) is 10.2 Å². The highest BCUT2D eigenvalue weighted by molar-refractivity contribution is 9.10. The molecule has 3 rings (SSSR count). The van der Waals surface area contributed by atoms with Gasteiger partial charge in [-0.15, -0.1) is 0 Å². The summed E-state index contributed by atoms with van der Waals surface area (Å²) in [6.07, 6.45) is 0. The summed E-state index contributed by atoms with van der Waals surface area (Å²) in [5.41, 5.74) is 1.71. The van der Waals surface area contributed by atoms with E-state index < -0.39 is 28.5 Å². The molecule has 0 spiro atoms. The predicted octanol–water partition coefficient (Wildman–Crippen LogP) is 5.16. The van der Waals surface area contributed by atoms with E-state index in [0.29, 0.717) is 17.1 Å². The van der Waals surface area contributed by atoms with Crippen molar-refractivity contribution >= 4 is 55.1 Å². The lowest BCUT2D eigenvalue weighted by molar-refractivity contribution is -0.139. The van der Waals surface area contributed by atoms with Gasteiger partial charge in [-0.25, -0.2) is 8.42 Å². The van der Waals surface area contributed by atoms with Crippen LogP contribution >= 0.6 is 27.5 Å². The fourth-order valence-electron chi connectivity index (χ4n) is 3.82. The van der Waals surface area contributed by atoms with E-state index in [1.54, 1.807) is 51.1 Å². The van der Waals surface area contributed by atoms with Gasteiger partial charge in [0.15, 0.2) is 0 Å². The Hall–Kier alpha value is -2.88. The molecule has 0 bridgehead atoms. The Kier molecular flexibility index (Phi) is 9.75. The third kappa shape index (κ3) is 7.12. The van der Waals surface area contributed by atoms with Crippen LogP contribution in [0.4, 0.5) is 5.69 Å². The average molecular weight is 607 g/mol. The van der Waals surface area contributed by atoms with E-state index >= 15 is 0 Å². The lowest BCUT2D eigenvalue weighted by Crippen LogP contribution is -2.51. The Bertz CT molecular complexity index is 1370. The number of amides is 2. The zero-order chi connectivity index (χ0) is 27.2. The lowest BCUT2D eigenvalue weighted by atomic mass is 10.1. The van der Waals surface area contributed by atoms with Crippen molar-refractivity contribution in [3.05, 3.63) is 93.4 Å². The molecule has 0 radical (unpaired) electrons. The lowest BCUT2D eigenvalue weighted by Gasteiger charge is -2.32. The molecule has 2 amide bonds. The van der Waals surface area contributed by atoms with Crippen molar-refractivity contribution in [2.75, 3.05) is 17.4 Å².